The van der Waals surface area contributed by atoms with E-state index >= 15 is 0 Å². The second-order valence-corrected chi connectivity index (χ2v) is 7.51. The lowest BCUT2D eigenvalue weighted by Gasteiger charge is -2.10. The van der Waals surface area contributed by atoms with Crippen LogP contribution in [0.15, 0.2) is 72.8 Å². The molecule has 0 aliphatic carbocycles. The molecule has 30 heavy (non-hydrogen) atoms. The van der Waals surface area contributed by atoms with Crippen LogP contribution in [0.1, 0.15) is 16.8 Å². The molecular weight excluding hydrogens is 417 g/mol. The smallest absolute Gasteiger partial charge is 0.146 e. The van der Waals surface area contributed by atoms with Gasteiger partial charge in [-0.2, -0.15) is 0 Å². The molecule has 0 radical (unpaired) electrons. The average molecular weight is 436 g/mol. The predicted octanol–water partition coefficient (Wildman–Crippen LogP) is 7.30. The second-order valence-electron chi connectivity index (χ2n) is 6.66. The summed E-state index contributed by atoms with van der Waals surface area (Å²) in [6.07, 6.45) is 3.87. The largest absolute Gasteiger partial charge is 0.496 e. The van der Waals surface area contributed by atoms with Crippen LogP contribution < -0.4 is 9.47 Å². The summed E-state index contributed by atoms with van der Waals surface area (Å²) in [6, 6.07) is 23.0. The monoisotopic (exact) mass is 435 g/mol. The highest BCUT2D eigenvalue weighted by Crippen LogP contribution is 2.28. The zero-order valence-corrected chi connectivity index (χ0v) is 17.8. The van der Waals surface area contributed by atoms with Crippen molar-refractivity contribution in [3.63, 3.8) is 0 Å². The second kappa shape index (κ2) is 9.21. The summed E-state index contributed by atoms with van der Waals surface area (Å²) in [5, 5.41) is 2.34. The van der Waals surface area contributed by atoms with Gasteiger partial charge in [-0.15, -0.1) is 0 Å². The first-order valence-electron chi connectivity index (χ1n) is 9.41. The molecular formula is C25H19Cl2NO2. The van der Waals surface area contributed by atoms with E-state index < -0.39 is 0 Å². The molecule has 150 valence electrons. The lowest BCUT2D eigenvalue weighted by molar-refractivity contribution is 0.309. The number of methoxy groups -OCH3 is 1. The number of para-hydroxylation sites is 1. The van der Waals surface area contributed by atoms with E-state index in [0.717, 1.165) is 33.5 Å². The number of nitrogens with zero attached hydrogens (tertiary/aromatic N) is 1. The minimum Gasteiger partial charge on any atom is -0.496 e. The normalized spacial score (nSPS) is 11.2. The van der Waals surface area contributed by atoms with Crippen molar-refractivity contribution >= 4 is 46.3 Å². The van der Waals surface area contributed by atoms with Crippen LogP contribution in [0.25, 0.3) is 23.1 Å². The lowest BCUT2D eigenvalue weighted by Crippen LogP contribution is -1.98. The van der Waals surface area contributed by atoms with Crippen molar-refractivity contribution in [2.45, 2.75) is 6.61 Å². The Balaban J connectivity index is 1.63. The summed E-state index contributed by atoms with van der Waals surface area (Å²) in [4.78, 5) is 4.78. The Hall–Kier alpha value is -3.01. The van der Waals surface area contributed by atoms with E-state index in [9.17, 15) is 0 Å². The van der Waals surface area contributed by atoms with Crippen LogP contribution in [0, 0.1) is 0 Å². The van der Waals surface area contributed by atoms with Crippen LogP contribution in [0.2, 0.25) is 10.0 Å². The number of hydrogen-bond acceptors (Lipinski definition) is 3. The molecule has 1 aromatic heterocycles. The minimum atomic E-state index is 0.375. The van der Waals surface area contributed by atoms with Crippen molar-refractivity contribution in [2.24, 2.45) is 0 Å². The van der Waals surface area contributed by atoms with E-state index in [4.69, 9.17) is 37.7 Å². The number of fused-ring (bicyclic) bond motifs is 1. The van der Waals surface area contributed by atoms with Gasteiger partial charge in [-0.25, -0.2) is 4.98 Å². The van der Waals surface area contributed by atoms with E-state index in [-0.39, 0.29) is 0 Å². The quantitative estimate of drug-likeness (QED) is 0.318. The van der Waals surface area contributed by atoms with Crippen molar-refractivity contribution in [1.29, 1.82) is 0 Å². The van der Waals surface area contributed by atoms with Crippen LogP contribution in [-0.4, -0.2) is 12.1 Å². The van der Waals surface area contributed by atoms with Gasteiger partial charge in [0.05, 0.1) is 12.8 Å². The Morgan fingerprint density at radius 2 is 1.73 bits per heavy atom. The standard InChI is InChI=1S/C25H19Cl2NO2/c1-29-23-14-11-20(26)15-18(23)10-13-21-12-9-17-6-4-8-24(25(17)28-21)30-16-19-5-2-3-7-22(19)27/h2-15H,16H2,1H3/b13-10-. The fourth-order valence-corrected chi connectivity index (χ4v) is 3.50. The molecule has 1 heterocycles. The average Bonchev–Trinajstić information content (AvgIpc) is 2.77. The van der Waals surface area contributed by atoms with Crippen molar-refractivity contribution in [2.75, 3.05) is 7.11 Å². The molecule has 5 heteroatoms. The van der Waals surface area contributed by atoms with Gasteiger partial charge < -0.3 is 9.47 Å². The van der Waals surface area contributed by atoms with Crippen molar-refractivity contribution in [1.82, 2.24) is 4.98 Å². The topological polar surface area (TPSA) is 31.4 Å². The van der Waals surface area contributed by atoms with E-state index in [1.54, 1.807) is 13.2 Å². The fraction of sp³-hybridized carbons (Fsp3) is 0.0800. The molecule has 4 rings (SSSR count). The Morgan fingerprint density at radius 3 is 2.57 bits per heavy atom. The first-order chi connectivity index (χ1) is 14.6. The zero-order valence-electron chi connectivity index (χ0n) is 16.3. The SMILES string of the molecule is COc1ccc(Cl)cc1/C=C\c1ccc2cccc(OCc3ccccc3Cl)c2n1. The maximum Gasteiger partial charge on any atom is 0.146 e. The third kappa shape index (κ3) is 4.59. The first kappa shape index (κ1) is 20.3. The Bertz CT molecular complexity index is 1220. The first-order valence-corrected chi connectivity index (χ1v) is 10.2. The number of aromatic nitrogens is 1. The zero-order chi connectivity index (χ0) is 20.9. The molecule has 0 fully saturated rings. The third-order valence-corrected chi connectivity index (χ3v) is 5.28. The molecule has 4 aromatic rings. The maximum absolute atomic E-state index is 6.24. The van der Waals surface area contributed by atoms with E-state index in [0.29, 0.717) is 22.4 Å². The molecule has 3 aromatic carbocycles. The van der Waals surface area contributed by atoms with Crippen LogP contribution in [-0.2, 0) is 6.61 Å². The van der Waals surface area contributed by atoms with Crippen molar-refractivity contribution in [3.05, 3.63) is 99.7 Å². The number of rotatable bonds is 6. The molecule has 0 N–H and O–H groups in total. The van der Waals surface area contributed by atoms with Gasteiger partial charge in [0.15, 0.2) is 0 Å². The number of ether oxygens (including phenoxy) is 2. The predicted molar refractivity (Wildman–Crippen MR) is 124 cm³/mol. The molecule has 0 unspecified atom stereocenters. The van der Waals surface area contributed by atoms with Gasteiger partial charge in [0.1, 0.15) is 23.6 Å². The molecule has 0 atom stereocenters. The van der Waals surface area contributed by atoms with Gasteiger partial charge in [-0.3, -0.25) is 0 Å². The highest BCUT2D eigenvalue weighted by molar-refractivity contribution is 6.31. The van der Waals surface area contributed by atoms with Gasteiger partial charge in [0, 0.05) is 26.6 Å². The molecule has 0 spiro atoms. The Kier molecular flexibility index (Phi) is 6.22. The van der Waals surface area contributed by atoms with Crippen LogP contribution >= 0.6 is 23.2 Å². The van der Waals surface area contributed by atoms with Crippen LogP contribution in [0.5, 0.6) is 11.5 Å². The van der Waals surface area contributed by atoms with Gasteiger partial charge in [0.2, 0.25) is 0 Å². The molecule has 0 aliphatic rings. The number of benzene rings is 3. The molecule has 0 saturated carbocycles. The summed E-state index contributed by atoms with van der Waals surface area (Å²) in [6.45, 7) is 0.375. The Morgan fingerprint density at radius 1 is 0.867 bits per heavy atom. The van der Waals surface area contributed by atoms with Gasteiger partial charge in [-0.05, 0) is 48.6 Å². The van der Waals surface area contributed by atoms with Gasteiger partial charge in [0.25, 0.3) is 0 Å². The fourth-order valence-electron chi connectivity index (χ4n) is 3.13. The van der Waals surface area contributed by atoms with Crippen molar-refractivity contribution in [3.8, 4) is 11.5 Å². The molecule has 3 nitrogen and oxygen atoms in total. The summed E-state index contributed by atoms with van der Waals surface area (Å²) in [5.74, 6) is 1.46. The maximum atomic E-state index is 6.24. The van der Waals surface area contributed by atoms with Gasteiger partial charge in [-0.1, -0.05) is 59.6 Å². The summed E-state index contributed by atoms with van der Waals surface area (Å²) in [5.41, 5.74) is 3.42. The number of hydrogen-bond donors (Lipinski definition) is 0. The number of halogens is 2. The van der Waals surface area contributed by atoms with Crippen molar-refractivity contribution < 1.29 is 9.47 Å². The van der Waals surface area contributed by atoms with E-state index in [2.05, 4.69) is 0 Å². The highest BCUT2D eigenvalue weighted by Gasteiger charge is 2.07. The molecule has 0 amide bonds. The number of pyridine rings is 1. The molecule has 0 bridgehead atoms. The highest BCUT2D eigenvalue weighted by atomic mass is 35.5. The summed E-state index contributed by atoms with van der Waals surface area (Å²) >= 11 is 12.4. The van der Waals surface area contributed by atoms with E-state index in [1.165, 1.54) is 0 Å². The third-order valence-electron chi connectivity index (χ3n) is 4.67. The van der Waals surface area contributed by atoms with Gasteiger partial charge >= 0.3 is 0 Å². The minimum absolute atomic E-state index is 0.375. The van der Waals surface area contributed by atoms with Crippen LogP contribution in [0.4, 0.5) is 0 Å². The summed E-state index contributed by atoms with van der Waals surface area (Å²) < 4.78 is 11.4. The lowest BCUT2D eigenvalue weighted by atomic mass is 10.1. The molecule has 0 saturated heterocycles. The van der Waals surface area contributed by atoms with E-state index in [1.807, 2.05) is 78.9 Å². The summed E-state index contributed by atoms with van der Waals surface area (Å²) in [7, 11) is 1.64. The van der Waals surface area contributed by atoms with Crippen LogP contribution in [0.3, 0.4) is 0 Å². The molecule has 0 aliphatic heterocycles. The Labute approximate surface area is 185 Å².